The molecular formula is C17H25NO9S2. The number of rotatable bonds is 7. The lowest BCUT2D eigenvalue weighted by atomic mass is 9.97. The summed E-state index contributed by atoms with van der Waals surface area (Å²) in [5.41, 5.74) is -0.866. The van der Waals surface area contributed by atoms with Crippen molar-refractivity contribution in [3.63, 3.8) is 0 Å². The van der Waals surface area contributed by atoms with Crippen molar-refractivity contribution in [2.24, 2.45) is 0 Å². The van der Waals surface area contributed by atoms with E-state index in [9.17, 15) is 19.2 Å². The Morgan fingerprint density at radius 3 is 2.03 bits per heavy atom. The van der Waals surface area contributed by atoms with Crippen molar-refractivity contribution in [3.05, 3.63) is 0 Å². The molecule has 0 aromatic rings. The average Bonchev–Trinajstić information content (AvgIpc) is 2.57. The summed E-state index contributed by atoms with van der Waals surface area (Å²) >= 11 is 6.13. The molecule has 0 aliphatic carbocycles. The summed E-state index contributed by atoms with van der Waals surface area (Å²) in [5, 5.41) is 2.65. The van der Waals surface area contributed by atoms with Gasteiger partial charge in [0.1, 0.15) is 24.2 Å². The maximum atomic E-state index is 11.8. The molecule has 0 spiro atoms. The van der Waals surface area contributed by atoms with Crippen LogP contribution in [0.25, 0.3) is 0 Å². The van der Waals surface area contributed by atoms with E-state index in [0.29, 0.717) is 6.61 Å². The Balaban J connectivity index is 3.29. The number of amides is 1. The normalized spacial score (nSPS) is 26.0. The highest BCUT2D eigenvalue weighted by Gasteiger charge is 2.51. The van der Waals surface area contributed by atoms with Crippen molar-refractivity contribution >= 4 is 52.2 Å². The summed E-state index contributed by atoms with van der Waals surface area (Å²) in [7, 11) is 0. The summed E-state index contributed by atoms with van der Waals surface area (Å²) in [6, 6.07) is -0.919. The lowest BCUT2D eigenvalue weighted by Crippen LogP contribution is -2.65. The fraction of sp³-hybridized carbons (Fsp3) is 0.706. The van der Waals surface area contributed by atoms with Gasteiger partial charge in [-0.2, -0.15) is 0 Å². The number of carbonyl (C=O) groups excluding carboxylic acids is 4. The van der Waals surface area contributed by atoms with Gasteiger partial charge in [0.25, 0.3) is 0 Å². The first-order valence-corrected chi connectivity index (χ1v) is 10.1. The number of nitrogens with one attached hydrogen (secondary N) is 1. The fourth-order valence-corrected chi connectivity index (χ4v) is 3.98. The molecule has 0 aromatic carbocycles. The Morgan fingerprint density at radius 1 is 0.966 bits per heavy atom. The molecule has 10 nitrogen and oxygen atoms in total. The topological polar surface area (TPSA) is 126 Å². The Kier molecular flexibility index (Phi) is 10.3. The van der Waals surface area contributed by atoms with E-state index in [4.69, 9.17) is 35.9 Å². The van der Waals surface area contributed by atoms with Crippen LogP contribution in [0.2, 0.25) is 0 Å². The van der Waals surface area contributed by atoms with Crippen molar-refractivity contribution in [1.82, 2.24) is 5.32 Å². The van der Waals surface area contributed by atoms with Gasteiger partial charge in [-0.05, 0) is 30.9 Å². The summed E-state index contributed by atoms with van der Waals surface area (Å²) in [4.78, 5) is 46.4. The first-order valence-electron chi connectivity index (χ1n) is 8.78. The van der Waals surface area contributed by atoms with Crippen molar-refractivity contribution in [2.45, 2.75) is 64.4 Å². The smallest absolute Gasteiger partial charge is 0.303 e. The van der Waals surface area contributed by atoms with E-state index < -0.39 is 53.6 Å². The van der Waals surface area contributed by atoms with Gasteiger partial charge in [-0.1, -0.05) is 0 Å². The lowest BCUT2D eigenvalue weighted by Gasteiger charge is -2.44. The van der Waals surface area contributed by atoms with E-state index in [1.807, 2.05) is 0 Å². The number of hydrogen-bond acceptors (Lipinski definition) is 11. The second-order valence-corrected chi connectivity index (χ2v) is 7.72. The molecule has 164 valence electrons. The number of hydrogen-bond donors (Lipinski definition) is 1. The van der Waals surface area contributed by atoms with E-state index >= 15 is 0 Å². The van der Waals surface area contributed by atoms with E-state index in [1.54, 1.807) is 6.92 Å². The van der Waals surface area contributed by atoms with Gasteiger partial charge in [-0.15, -0.1) is 0 Å². The standard InChI is InChI=1S/C17H25NO9S2/c1-6-23-17(28)29-16-13(18-8(2)19)15(26-11(5)22)14(25-10(4)21)12(27-16)7-24-9(3)20/h12-16H,6-7H2,1-5H3,(H,18,19). The largest absolute Gasteiger partial charge is 0.479 e. The van der Waals surface area contributed by atoms with Gasteiger partial charge >= 0.3 is 17.9 Å². The molecule has 0 radical (unpaired) electrons. The first-order chi connectivity index (χ1) is 13.5. The Labute approximate surface area is 178 Å². The van der Waals surface area contributed by atoms with Crippen LogP contribution in [0.4, 0.5) is 0 Å². The quantitative estimate of drug-likeness (QED) is 0.334. The second kappa shape index (κ2) is 11.9. The van der Waals surface area contributed by atoms with Gasteiger partial charge in [0.2, 0.25) is 10.3 Å². The van der Waals surface area contributed by atoms with Crippen LogP contribution in [0, 0.1) is 0 Å². The van der Waals surface area contributed by atoms with E-state index in [1.165, 1.54) is 27.7 Å². The van der Waals surface area contributed by atoms with Gasteiger partial charge in [-0.25, -0.2) is 0 Å². The number of thioether (sulfide) groups is 1. The zero-order chi connectivity index (χ0) is 22.1. The second-order valence-electron chi connectivity index (χ2n) is 6.02. The molecule has 1 N–H and O–H groups in total. The van der Waals surface area contributed by atoms with Crippen LogP contribution < -0.4 is 5.32 Å². The maximum Gasteiger partial charge on any atom is 0.303 e. The molecule has 5 unspecified atom stereocenters. The maximum absolute atomic E-state index is 11.8. The molecule has 1 heterocycles. The molecule has 0 aromatic heterocycles. The molecule has 1 fully saturated rings. The molecule has 1 amide bonds. The van der Waals surface area contributed by atoms with Crippen LogP contribution in [0.1, 0.15) is 34.6 Å². The third-order valence-corrected chi connectivity index (χ3v) is 4.90. The zero-order valence-corrected chi connectivity index (χ0v) is 18.4. The Bertz CT molecular complexity index is 642. The highest BCUT2D eigenvalue weighted by molar-refractivity contribution is 8.22. The van der Waals surface area contributed by atoms with E-state index in [-0.39, 0.29) is 11.0 Å². The molecule has 0 saturated carbocycles. The minimum atomic E-state index is -1.13. The fourth-order valence-electron chi connectivity index (χ4n) is 2.64. The minimum absolute atomic E-state index is 0.145. The van der Waals surface area contributed by atoms with Gasteiger partial charge in [-0.3, -0.25) is 19.2 Å². The molecule has 1 saturated heterocycles. The van der Waals surface area contributed by atoms with Crippen molar-refractivity contribution in [2.75, 3.05) is 13.2 Å². The molecular weight excluding hydrogens is 426 g/mol. The number of thiocarbonyl (C=S) groups is 1. The summed E-state index contributed by atoms with van der Waals surface area (Å²) in [6.07, 6.45) is -3.22. The van der Waals surface area contributed by atoms with Crippen LogP contribution in [-0.2, 0) is 42.9 Å². The summed E-state index contributed by atoms with van der Waals surface area (Å²) in [6.45, 7) is 6.65. The molecule has 29 heavy (non-hydrogen) atoms. The van der Waals surface area contributed by atoms with Crippen molar-refractivity contribution in [3.8, 4) is 0 Å². The van der Waals surface area contributed by atoms with Gasteiger partial charge in [0.15, 0.2) is 12.2 Å². The molecule has 0 bridgehead atoms. The highest BCUT2D eigenvalue weighted by Crippen LogP contribution is 2.33. The molecule has 1 aliphatic heterocycles. The van der Waals surface area contributed by atoms with Crippen LogP contribution in [0.3, 0.4) is 0 Å². The monoisotopic (exact) mass is 451 g/mol. The predicted octanol–water partition coefficient (Wildman–Crippen LogP) is 0.697. The number of esters is 3. The Morgan fingerprint density at radius 2 is 1.55 bits per heavy atom. The minimum Gasteiger partial charge on any atom is -0.479 e. The molecule has 5 atom stereocenters. The summed E-state index contributed by atoms with van der Waals surface area (Å²) in [5.74, 6) is -2.33. The van der Waals surface area contributed by atoms with Crippen molar-refractivity contribution in [1.29, 1.82) is 0 Å². The van der Waals surface area contributed by atoms with Gasteiger partial charge in [0.05, 0.1) is 6.61 Å². The molecule has 12 heteroatoms. The average molecular weight is 452 g/mol. The van der Waals surface area contributed by atoms with Crippen LogP contribution in [-0.4, -0.2) is 71.2 Å². The Hall–Kier alpha value is -1.92. The zero-order valence-electron chi connectivity index (χ0n) is 16.8. The van der Waals surface area contributed by atoms with Crippen LogP contribution >= 0.6 is 24.0 Å². The first kappa shape index (κ1) is 25.1. The van der Waals surface area contributed by atoms with Gasteiger partial charge in [0, 0.05) is 27.7 Å². The lowest BCUT2D eigenvalue weighted by molar-refractivity contribution is -0.211. The van der Waals surface area contributed by atoms with Crippen molar-refractivity contribution < 1.29 is 42.9 Å². The predicted molar refractivity (Wildman–Crippen MR) is 106 cm³/mol. The molecule has 1 aliphatic rings. The van der Waals surface area contributed by atoms with E-state index in [0.717, 1.165) is 11.8 Å². The SMILES string of the molecule is CCOC(=S)SC1OC(COC(C)=O)C(OC(C)=O)C(OC(C)=O)C1NC(C)=O. The van der Waals surface area contributed by atoms with Gasteiger partial charge < -0.3 is 29.0 Å². The third-order valence-electron chi connectivity index (χ3n) is 3.55. The molecule has 1 rings (SSSR count). The third kappa shape index (κ3) is 8.54. The van der Waals surface area contributed by atoms with Crippen LogP contribution in [0.15, 0.2) is 0 Å². The van der Waals surface area contributed by atoms with Crippen LogP contribution in [0.5, 0.6) is 0 Å². The number of carbonyl (C=O) groups is 4. The summed E-state index contributed by atoms with van der Waals surface area (Å²) < 4.78 is 27.0. The highest BCUT2D eigenvalue weighted by atomic mass is 32.2. The van der Waals surface area contributed by atoms with E-state index in [2.05, 4.69) is 5.32 Å². The number of ether oxygens (including phenoxy) is 5.